The van der Waals surface area contributed by atoms with E-state index >= 15 is 0 Å². The average molecular weight is 383 g/mol. The predicted molar refractivity (Wildman–Crippen MR) is 98.0 cm³/mol. The summed E-state index contributed by atoms with van der Waals surface area (Å²) in [6.07, 6.45) is 0. The van der Waals surface area contributed by atoms with E-state index in [1.165, 1.54) is 0 Å². The number of benzene rings is 1. The molecular formula is C16H22N4O3S2. The molecule has 0 saturated carbocycles. The van der Waals surface area contributed by atoms with E-state index in [0.29, 0.717) is 0 Å². The number of aryl methyl sites for hydroxylation is 2. The Morgan fingerprint density at radius 1 is 1.16 bits per heavy atom. The average Bonchev–Trinajstić information content (AvgIpc) is 2.98. The molecular weight excluding hydrogens is 360 g/mol. The van der Waals surface area contributed by atoms with Crippen LogP contribution in [0.2, 0.25) is 0 Å². The second kappa shape index (κ2) is 7.59. The number of carbonyl (C=O) groups excluding carboxylic acids is 1. The zero-order chi connectivity index (χ0) is 18.8. The first-order chi connectivity index (χ1) is 11.6. The number of hydrogen-bond acceptors (Lipinski definition) is 6. The molecule has 1 amide bonds. The van der Waals surface area contributed by atoms with Gasteiger partial charge in [0.2, 0.25) is 15.4 Å². The van der Waals surface area contributed by atoms with Crippen LogP contribution in [-0.2, 0) is 14.8 Å². The normalized spacial score (nSPS) is 13.0. The Morgan fingerprint density at radius 2 is 1.84 bits per heavy atom. The monoisotopic (exact) mass is 382 g/mol. The molecule has 0 aliphatic rings. The van der Waals surface area contributed by atoms with Gasteiger partial charge in [0, 0.05) is 12.0 Å². The largest absolute Gasteiger partial charge is 0.300 e. The Bertz CT molecular complexity index is 875. The fourth-order valence-corrected chi connectivity index (χ4v) is 4.33. The third kappa shape index (κ3) is 4.83. The maximum atomic E-state index is 12.5. The summed E-state index contributed by atoms with van der Waals surface area (Å²) in [5, 5.41) is 10.1. The molecule has 2 N–H and O–H groups in total. The molecule has 1 heterocycles. The molecule has 7 nitrogen and oxygen atoms in total. The minimum Gasteiger partial charge on any atom is -0.300 e. The molecule has 1 aromatic carbocycles. The van der Waals surface area contributed by atoms with Gasteiger partial charge in [0.25, 0.3) is 10.0 Å². The Kier molecular flexibility index (Phi) is 5.91. The minimum atomic E-state index is -3.83. The fraction of sp³-hybridized carbons (Fsp3) is 0.438. The predicted octanol–water partition coefficient (Wildman–Crippen LogP) is 2.79. The summed E-state index contributed by atoms with van der Waals surface area (Å²) in [4.78, 5) is 11.7. The van der Waals surface area contributed by atoms with E-state index in [1.807, 2.05) is 32.0 Å². The lowest BCUT2D eigenvalue weighted by Gasteiger charge is -2.16. The third-order valence-electron chi connectivity index (χ3n) is 3.62. The highest BCUT2D eigenvalue weighted by Crippen LogP contribution is 2.24. The van der Waals surface area contributed by atoms with Crippen LogP contribution in [0.25, 0.3) is 0 Å². The molecule has 0 aliphatic heterocycles. The van der Waals surface area contributed by atoms with Crippen molar-refractivity contribution >= 4 is 32.4 Å². The van der Waals surface area contributed by atoms with Crippen LogP contribution in [0.4, 0.5) is 5.13 Å². The number of aromatic nitrogens is 2. The van der Waals surface area contributed by atoms with Crippen LogP contribution in [0.1, 0.15) is 43.5 Å². The lowest BCUT2D eigenvalue weighted by Crippen LogP contribution is -2.27. The maximum absolute atomic E-state index is 12.5. The third-order valence-corrected chi connectivity index (χ3v) is 6.37. The van der Waals surface area contributed by atoms with E-state index < -0.39 is 16.1 Å². The molecule has 1 aromatic heterocycles. The summed E-state index contributed by atoms with van der Waals surface area (Å²) in [5.41, 5.74) is 2.96. The summed E-state index contributed by atoms with van der Waals surface area (Å²) in [7, 11) is -3.83. The highest BCUT2D eigenvalue weighted by molar-refractivity contribution is 7.91. The summed E-state index contributed by atoms with van der Waals surface area (Å²) in [6, 6.07) is 5.48. The Balaban J connectivity index is 2.17. The summed E-state index contributed by atoms with van der Waals surface area (Å²) in [5.74, 6) is -0.469. The van der Waals surface area contributed by atoms with Crippen molar-refractivity contribution in [2.24, 2.45) is 5.92 Å². The molecule has 0 aliphatic carbocycles. The van der Waals surface area contributed by atoms with Gasteiger partial charge in [0.1, 0.15) is 0 Å². The maximum Gasteiger partial charge on any atom is 0.270 e. The molecule has 0 radical (unpaired) electrons. The highest BCUT2D eigenvalue weighted by atomic mass is 32.2. The molecule has 0 bridgehead atoms. The molecule has 136 valence electrons. The topological polar surface area (TPSA) is 101 Å². The van der Waals surface area contributed by atoms with Gasteiger partial charge in [-0.3, -0.25) is 4.79 Å². The summed E-state index contributed by atoms with van der Waals surface area (Å²) >= 11 is 0.825. The standard InChI is InChI=1S/C16H22N4O3S2/c1-9(2)14(21)17-15-18-19-16(24-15)25(22,23)20-12(5)13-8-10(3)6-7-11(13)4/h6-9,12,20H,1-5H3,(H,17,18,21)/t12-/m1/s1. The number of amides is 1. The molecule has 25 heavy (non-hydrogen) atoms. The molecule has 0 spiro atoms. The van der Waals surface area contributed by atoms with E-state index in [0.717, 1.165) is 28.0 Å². The Morgan fingerprint density at radius 3 is 2.48 bits per heavy atom. The number of hydrogen-bond donors (Lipinski definition) is 2. The van der Waals surface area contributed by atoms with Crippen molar-refractivity contribution in [3.05, 3.63) is 34.9 Å². The van der Waals surface area contributed by atoms with Crippen LogP contribution in [0.5, 0.6) is 0 Å². The van der Waals surface area contributed by atoms with Crippen molar-refractivity contribution in [2.75, 3.05) is 5.32 Å². The number of anilines is 1. The van der Waals surface area contributed by atoms with Crippen LogP contribution in [-0.4, -0.2) is 24.5 Å². The minimum absolute atomic E-state index is 0.165. The fourth-order valence-electron chi connectivity index (χ4n) is 2.19. The number of carbonyl (C=O) groups is 1. The molecule has 2 rings (SSSR count). The zero-order valence-corrected chi connectivity index (χ0v) is 16.5. The quantitative estimate of drug-likeness (QED) is 0.748. The molecule has 0 unspecified atom stereocenters. The van der Waals surface area contributed by atoms with Gasteiger partial charge in [-0.25, -0.2) is 13.1 Å². The van der Waals surface area contributed by atoms with Crippen LogP contribution in [0.15, 0.2) is 22.5 Å². The van der Waals surface area contributed by atoms with Gasteiger partial charge < -0.3 is 5.32 Å². The first-order valence-electron chi connectivity index (χ1n) is 7.84. The smallest absolute Gasteiger partial charge is 0.270 e. The lowest BCUT2D eigenvalue weighted by molar-refractivity contribution is -0.118. The van der Waals surface area contributed by atoms with Crippen molar-refractivity contribution in [3.8, 4) is 0 Å². The molecule has 0 saturated heterocycles. The van der Waals surface area contributed by atoms with E-state index in [2.05, 4.69) is 20.2 Å². The second-order valence-electron chi connectivity index (χ2n) is 6.22. The van der Waals surface area contributed by atoms with Gasteiger partial charge in [-0.05, 0) is 31.9 Å². The molecule has 1 atom stereocenters. The number of nitrogens with zero attached hydrogens (tertiary/aromatic N) is 2. The van der Waals surface area contributed by atoms with Crippen LogP contribution >= 0.6 is 11.3 Å². The Labute approximate surface area is 151 Å². The first-order valence-corrected chi connectivity index (χ1v) is 10.1. The Hall–Kier alpha value is -1.84. The van der Waals surface area contributed by atoms with Gasteiger partial charge in [0.05, 0.1) is 0 Å². The van der Waals surface area contributed by atoms with Crippen molar-refractivity contribution < 1.29 is 13.2 Å². The van der Waals surface area contributed by atoms with Crippen LogP contribution in [0, 0.1) is 19.8 Å². The van der Waals surface area contributed by atoms with E-state index in [-0.39, 0.29) is 21.3 Å². The summed E-state index contributed by atoms with van der Waals surface area (Å²) < 4.78 is 27.5. The van der Waals surface area contributed by atoms with E-state index in [1.54, 1.807) is 20.8 Å². The van der Waals surface area contributed by atoms with Gasteiger partial charge >= 0.3 is 0 Å². The molecule has 2 aromatic rings. The van der Waals surface area contributed by atoms with Crippen molar-refractivity contribution in [3.63, 3.8) is 0 Å². The van der Waals surface area contributed by atoms with E-state index in [4.69, 9.17) is 0 Å². The van der Waals surface area contributed by atoms with Gasteiger partial charge in [-0.15, -0.1) is 10.2 Å². The van der Waals surface area contributed by atoms with Crippen molar-refractivity contribution in [2.45, 2.75) is 45.0 Å². The lowest BCUT2D eigenvalue weighted by atomic mass is 10.0. The molecule has 0 fully saturated rings. The number of nitrogens with one attached hydrogen (secondary N) is 2. The second-order valence-corrected chi connectivity index (χ2v) is 9.09. The van der Waals surface area contributed by atoms with Gasteiger partial charge in [0.15, 0.2) is 0 Å². The first kappa shape index (κ1) is 19.5. The van der Waals surface area contributed by atoms with Gasteiger partial charge in [-0.2, -0.15) is 0 Å². The number of sulfonamides is 1. The van der Waals surface area contributed by atoms with E-state index in [9.17, 15) is 13.2 Å². The van der Waals surface area contributed by atoms with Crippen molar-refractivity contribution in [1.82, 2.24) is 14.9 Å². The van der Waals surface area contributed by atoms with Crippen LogP contribution in [0.3, 0.4) is 0 Å². The zero-order valence-electron chi connectivity index (χ0n) is 14.8. The highest BCUT2D eigenvalue weighted by Gasteiger charge is 2.24. The van der Waals surface area contributed by atoms with Crippen molar-refractivity contribution in [1.29, 1.82) is 0 Å². The van der Waals surface area contributed by atoms with Gasteiger partial charge in [-0.1, -0.05) is 48.9 Å². The summed E-state index contributed by atoms with van der Waals surface area (Å²) in [6.45, 7) is 9.15. The number of rotatable bonds is 6. The van der Waals surface area contributed by atoms with Crippen LogP contribution < -0.4 is 10.0 Å². The SMILES string of the molecule is Cc1ccc(C)c([C@@H](C)NS(=O)(=O)c2nnc(NC(=O)C(C)C)s2)c1. The molecule has 9 heteroatoms.